The Morgan fingerprint density at radius 1 is 0.839 bits per heavy atom. The first kappa shape index (κ1) is 20.9. The van der Waals surface area contributed by atoms with Crippen molar-refractivity contribution in [3.05, 3.63) is 95.1 Å². The quantitative estimate of drug-likeness (QED) is 0.386. The van der Waals surface area contributed by atoms with Gasteiger partial charge in [0.05, 0.1) is 0 Å². The second kappa shape index (κ2) is 8.03. The van der Waals surface area contributed by atoms with Crippen molar-refractivity contribution >= 4 is 11.8 Å². The number of fused-ring (bicyclic) bond motifs is 2. The summed E-state index contributed by atoms with van der Waals surface area (Å²) in [7, 11) is 0. The van der Waals surface area contributed by atoms with Gasteiger partial charge in [-0.3, -0.25) is 9.59 Å². The Morgan fingerprint density at radius 3 is 1.87 bits per heavy atom. The number of esters is 1. The van der Waals surface area contributed by atoms with E-state index < -0.39 is 18.0 Å². The monoisotopic (exact) mass is 414 g/mol. The highest BCUT2D eigenvalue weighted by atomic mass is 16.5. The molecule has 31 heavy (non-hydrogen) atoms. The summed E-state index contributed by atoms with van der Waals surface area (Å²) in [6, 6.07) is 22.3. The largest absolute Gasteiger partial charge is 0.457 e. The number of rotatable bonds is 4. The maximum Gasteiger partial charge on any atom is 0.318 e. The molecule has 1 aliphatic rings. The van der Waals surface area contributed by atoms with Crippen molar-refractivity contribution in [3.8, 4) is 11.5 Å². The number of para-hydroxylation sites is 2. The molecule has 0 amide bonds. The van der Waals surface area contributed by atoms with Gasteiger partial charge in [-0.2, -0.15) is 0 Å². The Morgan fingerprint density at radius 2 is 1.35 bits per heavy atom. The zero-order valence-corrected chi connectivity index (χ0v) is 18.2. The fourth-order valence-corrected chi connectivity index (χ4v) is 3.83. The first-order chi connectivity index (χ1) is 14.8. The second-order valence-corrected chi connectivity index (χ2v) is 8.88. The van der Waals surface area contributed by atoms with Gasteiger partial charge >= 0.3 is 5.97 Å². The minimum Gasteiger partial charge on any atom is -0.457 e. The zero-order valence-electron chi connectivity index (χ0n) is 18.2. The van der Waals surface area contributed by atoms with Crippen LogP contribution in [-0.4, -0.2) is 17.9 Å². The Bertz CT molecular complexity index is 1080. The molecule has 0 unspecified atom stereocenters. The van der Waals surface area contributed by atoms with Crippen LogP contribution in [0.2, 0.25) is 0 Å². The van der Waals surface area contributed by atoms with Crippen LogP contribution in [0, 0.1) is 0 Å². The summed E-state index contributed by atoms with van der Waals surface area (Å²) in [4.78, 5) is 26.1. The molecule has 0 spiro atoms. The van der Waals surface area contributed by atoms with Crippen LogP contribution in [0.3, 0.4) is 0 Å². The number of ketones is 1. The molecule has 0 aromatic heterocycles. The third-order valence-corrected chi connectivity index (χ3v) is 5.61. The molecule has 0 N–H and O–H groups in total. The van der Waals surface area contributed by atoms with Crippen LogP contribution in [0.4, 0.5) is 0 Å². The molecule has 0 saturated heterocycles. The van der Waals surface area contributed by atoms with Crippen molar-refractivity contribution in [1.82, 2.24) is 0 Å². The standard InChI is InChI=1S/C27H26O4/c1-17(25(28)18-13-15-19(16-14-18)27(2,3)4)30-26(29)24-20-9-5-7-11-22(20)31-23-12-8-6-10-21(23)24/h5-17,24H,1-4H3/t17-/m1/s1. The lowest BCUT2D eigenvalue weighted by atomic mass is 9.86. The molecule has 4 heteroatoms. The molecule has 3 aromatic carbocycles. The van der Waals surface area contributed by atoms with Crippen LogP contribution in [0.15, 0.2) is 72.8 Å². The fraction of sp³-hybridized carbons (Fsp3) is 0.259. The van der Waals surface area contributed by atoms with Gasteiger partial charge in [-0.1, -0.05) is 81.4 Å². The van der Waals surface area contributed by atoms with Gasteiger partial charge in [0.1, 0.15) is 17.4 Å². The summed E-state index contributed by atoms with van der Waals surface area (Å²) in [6.45, 7) is 7.99. The molecule has 158 valence electrons. The highest BCUT2D eigenvalue weighted by Crippen LogP contribution is 2.44. The van der Waals surface area contributed by atoms with Gasteiger partial charge in [0, 0.05) is 16.7 Å². The van der Waals surface area contributed by atoms with E-state index in [9.17, 15) is 9.59 Å². The third-order valence-electron chi connectivity index (χ3n) is 5.61. The van der Waals surface area contributed by atoms with Crippen LogP contribution in [0.25, 0.3) is 0 Å². The second-order valence-electron chi connectivity index (χ2n) is 8.88. The number of hydrogen-bond donors (Lipinski definition) is 0. The average molecular weight is 415 g/mol. The average Bonchev–Trinajstić information content (AvgIpc) is 2.76. The molecule has 0 aliphatic carbocycles. The van der Waals surface area contributed by atoms with E-state index in [-0.39, 0.29) is 11.2 Å². The van der Waals surface area contributed by atoms with Gasteiger partial charge in [0.2, 0.25) is 5.78 Å². The van der Waals surface area contributed by atoms with Crippen LogP contribution < -0.4 is 4.74 Å². The van der Waals surface area contributed by atoms with Gasteiger partial charge in [0.25, 0.3) is 0 Å². The van der Waals surface area contributed by atoms with Crippen LogP contribution in [0.5, 0.6) is 11.5 Å². The molecule has 0 saturated carbocycles. The molecule has 1 atom stereocenters. The van der Waals surface area contributed by atoms with E-state index in [1.54, 1.807) is 19.1 Å². The number of carbonyl (C=O) groups excluding carboxylic acids is 2. The van der Waals surface area contributed by atoms with E-state index in [0.29, 0.717) is 17.1 Å². The lowest BCUT2D eigenvalue weighted by Gasteiger charge is -2.27. The van der Waals surface area contributed by atoms with E-state index in [4.69, 9.17) is 9.47 Å². The predicted molar refractivity (Wildman–Crippen MR) is 120 cm³/mol. The minimum absolute atomic E-state index is 0.00347. The summed E-state index contributed by atoms with van der Waals surface area (Å²) in [5.74, 6) is -0.0720. The van der Waals surface area contributed by atoms with Crippen LogP contribution in [-0.2, 0) is 14.9 Å². The molecule has 3 aromatic rings. The highest BCUT2D eigenvalue weighted by molar-refractivity contribution is 6.00. The lowest BCUT2D eigenvalue weighted by molar-refractivity contribution is -0.147. The molecule has 1 aliphatic heterocycles. The third kappa shape index (κ3) is 4.11. The summed E-state index contributed by atoms with van der Waals surface area (Å²) >= 11 is 0. The first-order valence-corrected chi connectivity index (χ1v) is 10.5. The number of Topliss-reactive ketones (excluding diaryl/α,β-unsaturated/α-hetero) is 1. The van der Waals surface area contributed by atoms with Gasteiger partial charge in [-0.25, -0.2) is 0 Å². The molecule has 0 radical (unpaired) electrons. The molecular formula is C27H26O4. The van der Waals surface area contributed by atoms with Crippen molar-refractivity contribution in [3.63, 3.8) is 0 Å². The first-order valence-electron chi connectivity index (χ1n) is 10.5. The number of carbonyl (C=O) groups is 2. The molecule has 4 rings (SSSR count). The van der Waals surface area contributed by atoms with E-state index in [2.05, 4.69) is 20.8 Å². The summed E-state index contributed by atoms with van der Waals surface area (Å²) in [6.07, 6.45) is -0.893. The summed E-state index contributed by atoms with van der Waals surface area (Å²) in [5, 5.41) is 0. The Balaban J connectivity index is 1.56. The Kier molecular flexibility index (Phi) is 5.40. The Labute approximate surface area is 182 Å². The molecular weight excluding hydrogens is 388 g/mol. The summed E-state index contributed by atoms with van der Waals surface area (Å²) < 4.78 is 11.6. The normalized spacial score (nSPS) is 14.1. The van der Waals surface area contributed by atoms with Crippen LogP contribution in [0.1, 0.15) is 60.7 Å². The van der Waals surface area contributed by atoms with Crippen molar-refractivity contribution in [2.45, 2.75) is 45.1 Å². The molecule has 4 nitrogen and oxygen atoms in total. The molecule has 1 heterocycles. The molecule has 0 fully saturated rings. The Hall–Kier alpha value is -3.40. The smallest absolute Gasteiger partial charge is 0.318 e. The van der Waals surface area contributed by atoms with E-state index in [0.717, 1.165) is 16.7 Å². The number of hydrogen-bond acceptors (Lipinski definition) is 4. The maximum atomic E-state index is 13.2. The van der Waals surface area contributed by atoms with Crippen molar-refractivity contribution < 1.29 is 19.1 Å². The highest BCUT2D eigenvalue weighted by Gasteiger charge is 2.35. The van der Waals surface area contributed by atoms with Gasteiger partial charge in [-0.15, -0.1) is 0 Å². The maximum absolute atomic E-state index is 13.2. The molecule has 0 bridgehead atoms. The topological polar surface area (TPSA) is 52.6 Å². The lowest BCUT2D eigenvalue weighted by Crippen LogP contribution is -2.29. The van der Waals surface area contributed by atoms with Crippen molar-refractivity contribution in [2.75, 3.05) is 0 Å². The summed E-state index contributed by atoms with van der Waals surface area (Å²) in [5.41, 5.74) is 3.15. The van der Waals surface area contributed by atoms with E-state index >= 15 is 0 Å². The number of ether oxygens (including phenoxy) is 2. The van der Waals surface area contributed by atoms with Crippen molar-refractivity contribution in [1.29, 1.82) is 0 Å². The SMILES string of the molecule is C[C@@H](OC(=O)C1c2ccccc2Oc2ccccc21)C(=O)c1ccc(C(C)(C)C)cc1. The predicted octanol–water partition coefficient (Wildman–Crippen LogP) is 6.04. The van der Waals surface area contributed by atoms with E-state index in [1.165, 1.54) is 0 Å². The number of benzene rings is 3. The zero-order chi connectivity index (χ0) is 22.2. The van der Waals surface area contributed by atoms with Gasteiger partial charge in [-0.05, 0) is 30.0 Å². The minimum atomic E-state index is -0.893. The van der Waals surface area contributed by atoms with Gasteiger partial charge in [0.15, 0.2) is 6.10 Å². The van der Waals surface area contributed by atoms with E-state index in [1.807, 2.05) is 60.7 Å². The van der Waals surface area contributed by atoms with Crippen molar-refractivity contribution in [2.24, 2.45) is 0 Å². The van der Waals surface area contributed by atoms with Crippen LogP contribution >= 0.6 is 0 Å². The van der Waals surface area contributed by atoms with Gasteiger partial charge < -0.3 is 9.47 Å². The fourth-order valence-electron chi connectivity index (χ4n) is 3.83.